The number of allylic oxidation sites excluding steroid dienone is 1. The molecule has 0 aromatic carbocycles. The van der Waals surface area contributed by atoms with E-state index >= 15 is 0 Å². The summed E-state index contributed by atoms with van der Waals surface area (Å²) in [6.45, 7) is 19.2. The van der Waals surface area contributed by atoms with Gasteiger partial charge >= 0.3 is 0 Å². The molecule has 5 saturated carbocycles. The molecule has 0 aromatic heterocycles. The largest absolute Gasteiger partial charge is 0.411 e. The van der Waals surface area contributed by atoms with Crippen LogP contribution in [0.2, 0.25) is 0 Å². The predicted molar refractivity (Wildman–Crippen MR) is 138 cm³/mol. The highest BCUT2D eigenvalue weighted by Crippen LogP contribution is 2.77. The Morgan fingerprint density at radius 2 is 1.62 bits per heavy atom. The van der Waals surface area contributed by atoms with E-state index in [0.717, 1.165) is 31.4 Å². The maximum absolute atomic E-state index is 9.76. The highest BCUT2D eigenvalue weighted by atomic mass is 16.4. The van der Waals surface area contributed by atoms with E-state index in [9.17, 15) is 10.4 Å². The third-order valence-corrected chi connectivity index (χ3v) is 13.3. The fourth-order valence-electron chi connectivity index (χ4n) is 11.5. The summed E-state index contributed by atoms with van der Waals surface area (Å²) in [5.74, 6) is 3.06. The van der Waals surface area contributed by atoms with Crippen LogP contribution in [0.3, 0.4) is 0 Å². The zero-order valence-electron chi connectivity index (χ0n) is 22.5. The summed E-state index contributed by atoms with van der Waals surface area (Å²) in [7, 11) is 0. The summed E-state index contributed by atoms with van der Waals surface area (Å²) in [6, 6.07) is 0. The molecule has 0 unspecified atom stereocenters. The molecular formula is C30H48N2O2. The Bertz CT molecular complexity index is 923. The maximum atomic E-state index is 9.76. The number of fused-ring (bicyclic) bond motifs is 7. The average molecular weight is 469 g/mol. The van der Waals surface area contributed by atoms with E-state index in [1.807, 2.05) is 6.21 Å². The van der Waals surface area contributed by atoms with Crippen LogP contribution in [-0.4, -0.2) is 22.3 Å². The predicted octanol–water partition coefficient (Wildman–Crippen LogP) is 7.93. The normalized spacial score (nSPS) is 53.1. The molecule has 2 N–H and O–H groups in total. The summed E-state index contributed by atoms with van der Waals surface area (Å²) < 4.78 is 0. The van der Waals surface area contributed by atoms with Crippen molar-refractivity contribution >= 4 is 11.9 Å². The molecule has 0 bridgehead atoms. The van der Waals surface area contributed by atoms with Gasteiger partial charge in [-0.15, -0.1) is 5.16 Å². The second-order valence-corrected chi connectivity index (χ2v) is 14.4. The summed E-state index contributed by atoms with van der Waals surface area (Å²) >= 11 is 0. The summed E-state index contributed by atoms with van der Waals surface area (Å²) in [4.78, 5) is 0. The molecule has 5 aliphatic rings. The molecule has 5 fully saturated rings. The lowest BCUT2D eigenvalue weighted by Crippen LogP contribution is -2.66. The molecule has 4 nitrogen and oxygen atoms in total. The molecule has 0 aromatic rings. The fraction of sp³-hybridized carbons (Fsp3) is 0.867. The van der Waals surface area contributed by atoms with Crippen LogP contribution >= 0.6 is 0 Å². The monoisotopic (exact) mass is 468 g/mol. The van der Waals surface area contributed by atoms with Gasteiger partial charge in [0.2, 0.25) is 0 Å². The van der Waals surface area contributed by atoms with E-state index in [2.05, 4.69) is 58.4 Å². The quantitative estimate of drug-likeness (QED) is 0.187. The van der Waals surface area contributed by atoms with Crippen LogP contribution in [0.5, 0.6) is 0 Å². The first-order valence-corrected chi connectivity index (χ1v) is 14.0. The van der Waals surface area contributed by atoms with E-state index in [1.165, 1.54) is 44.1 Å². The van der Waals surface area contributed by atoms with Crippen molar-refractivity contribution < 1.29 is 10.4 Å². The Labute approximate surface area is 207 Å². The molecule has 190 valence electrons. The van der Waals surface area contributed by atoms with Gasteiger partial charge in [0.15, 0.2) is 0 Å². The Kier molecular flexibility index (Phi) is 5.44. The zero-order chi connectivity index (χ0) is 24.7. The summed E-state index contributed by atoms with van der Waals surface area (Å²) in [5.41, 5.74) is 3.27. The van der Waals surface area contributed by atoms with Gasteiger partial charge in [-0.2, -0.15) is 0 Å². The van der Waals surface area contributed by atoms with Crippen LogP contribution in [0.15, 0.2) is 22.5 Å². The van der Waals surface area contributed by atoms with Crippen LogP contribution < -0.4 is 0 Å². The lowest BCUT2D eigenvalue weighted by molar-refractivity contribution is -0.222. The molecule has 34 heavy (non-hydrogen) atoms. The Morgan fingerprint density at radius 3 is 2.26 bits per heavy atom. The van der Waals surface area contributed by atoms with Crippen LogP contribution in [0, 0.1) is 56.7 Å². The van der Waals surface area contributed by atoms with Crippen molar-refractivity contribution in [2.45, 2.75) is 106 Å². The van der Waals surface area contributed by atoms with Crippen molar-refractivity contribution in [3.8, 4) is 0 Å². The van der Waals surface area contributed by atoms with Crippen LogP contribution in [0.4, 0.5) is 0 Å². The van der Waals surface area contributed by atoms with Gasteiger partial charge in [0.25, 0.3) is 0 Å². The first-order chi connectivity index (χ1) is 15.9. The van der Waals surface area contributed by atoms with Crippen LogP contribution in [0.1, 0.15) is 106 Å². The zero-order valence-corrected chi connectivity index (χ0v) is 22.5. The number of hydrogen-bond acceptors (Lipinski definition) is 4. The van der Waals surface area contributed by atoms with E-state index in [0.29, 0.717) is 45.8 Å². The second-order valence-electron chi connectivity index (χ2n) is 14.4. The Hall–Kier alpha value is -1.32. The van der Waals surface area contributed by atoms with E-state index in [4.69, 9.17) is 0 Å². The van der Waals surface area contributed by atoms with Crippen molar-refractivity contribution in [2.24, 2.45) is 67.0 Å². The molecule has 4 heteroatoms. The smallest absolute Gasteiger partial charge is 0.0630 e. The summed E-state index contributed by atoms with van der Waals surface area (Å²) in [6.07, 6.45) is 13.8. The van der Waals surface area contributed by atoms with Crippen molar-refractivity contribution in [3.63, 3.8) is 0 Å². The number of oxime groups is 2. The number of hydrogen-bond donors (Lipinski definition) is 2. The van der Waals surface area contributed by atoms with E-state index < -0.39 is 0 Å². The van der Waals surface area contributed by atoms with E-state index in [1.54, 1.807) is 0 Å². The number of nitrogens with zero attached hydrogens (tertiary/aromatic N) is 2. The minimum Gasteiger partial charge on any atom is -0.411 e. The van der Waals surface area contributed by atoms with Crippen molar-refractivity contribution in [1.82, 2.24) is 0 Å². The molecular weight excluding hydrogens is 420 g/mol. The van der Waals surface area contributed by atoms with Crippen molar-refractivity contribution in [3.05, 3.63) is 12.2 Å². The summed E-state index contributed by atoms with van der Waals surface area (Å²) in [5, 5.41) is 26.9. The van der Waals surface area contributed by atoms with Gasteiger partial charge in [-0.05, 0) is 117 Å². The second kappa shape index (κ2) is 7.59. The lowest BCUT2D eigenvalue weighted by atomic mass is 9.32. The number of rotatable bonds is 2. The average Bonchev–Trinajstić information content (AvgIpc) is 3.14. The Morgan fingerprint density at radius 1 is 0.882 bits per heavy atom. The molecule has 0 saturated heterocycles. The Balaban J connectivity index is 1.56. The van der Waals surface area contributed by atoms with Crippen LogP contribution in [-0.2, 0) is 0 Å². The minimum atomic E-state index is -0.0311. The van der Waals surface area contributed by atoms with Gasteiger partial charge in [0, 0.05) is 10.8 Å². The maximum Gasteiger partial charge on any atom is 0.0630 e. The van der Waals surface area contributed by atoms with Gasteiger partial charge in [-0.25, -0.2) is 0 Å². The first-order valence-electron chi connectivity index (χ1n) is 14.0. The van der Waals surface area contributed by atoms with Crippen LogP contribution in [0.25, 0.3) is 0 Å². The minimum absolute atomic E-state index is 0.0311. The van der Waals surface area contributed by atoms with Gasteiger partial charge in [0.05, 0.1) is 11.9 Å². The van der Waals surface area contributed by atoms with Gasteiger partial charge < -0.3 is 10.4 Å². The first kappa shape index (κ1) is 24.4. The molecule has 0 heterocycles. The molecule has 0 amide bonds. The fourth-order valence-corrected chi connectivity index (χ4v) is 11.5. The molecule has 5 aliphatic carbocycles. The van der Waals surface area contributed by atoms with Crippen molar-refractivity contribution in [1.29, 1.82) is 0 Å². The molecule has 0 spiro atoms. The van der Waals surface area contributed by atoms with Gasteiger partial charge in [-0.3, -0.25) is 0 Å². The molecule has 0 aliphatic heterocycles. The van der Waals surface area contributed by atoms with Gasteiger partial charge in [0.1, 0.15) is 0 Å². The van der Waals surface area contributed by atoms with Gasteiger partial charge in [-0.1, -0.05) is 51.9 Å². The third-order valence-electron chi connectivity index (χ3n) is 13.3. The molecule has 0 radical (unpaired) electrons. The molecule has 5 rings (SSSR count). The third kappa shape index (κ3) is 2.83. The van der Waals surface area contributed by atoms with Crippen molar-refractivity contribution in [2.75, 3.05) is 0 Å². The topological polar surface area (TPSA) is 65.2 Å². The molecule has 9 atom stereocenters. The lowest BCUT2D eigenvalue weighted by Gasteiger charge is -2.72. The highest BCUT2D eigenvalue weighted by molar-refractivity contribution is 5.90. The SMILES string of the molecule is C=C(C)[C@@H]1CC[C@]2(/C=N\O)CC[C@]3(C)[C@H](CC[C@@H]4[C@@]5(C)CC/C(=N/O)C(C)(C)[C@H]5CC[C@]43C)[C@H]12. The highest BCUT2D eigenvalue weighted by Gasteiger charge is 2.70. The standard InChI is InChI=1S/C30H48N2O2/c1-19(2)20-10-15-30(18-31-33)17-16-28(6)21(25(20)30)8-9-23-27(5)13-12-24(32-34)26(3,4)22(27)11-14-29(23,28)7/h18,20-23,25,33-34H,1,8-17H2,2-7H3/b31-18-,32-24-/t20-,21+,22+,23+,25-,27-,28+,29+,30+/m0/s1. The van der Waals surface area contributed by atoms with E-state index in [-0.39, 0.29) is 10.8 Å².